The first kappa shape index (κ1) is 19.8. The standard InChI is InChI=1S/C23H21N3O3S/c1-15-14-16(26-30(3,27)28)8-9-17(15)22-23-20(11-13-24-22)18(10-12-25-23)19-6-4-5-7-21(19)29-2/h4-14,26H,1-3H3. The van der Waals surface area contributed by atoms with Gasteiger partial charge in [-0.1, -0.05) is 24.3 Å². The van der Waals surface area contributed by atoms with Crippen LogP contribution in [0.2, 0.25) is 0 Å². The molecule has 0 amide bonds. The van der Waals surface area contributed by atoms with E-state index in [9.17, 15) is 8.42 Å². The highest BCUT2D eigenvalue weighted by atomic mass is 32.2. The number of methoxy groups -OCH3 is 1. The first-order valence-corrected chi connectivity index (χ1v) is 11.2. The van der Waals surface area contributed by atoms with Crippen LogP contribution in [0.5, 0.6) is 5.75 Å². The first-order valence-electron chi connectivity index (χ1n) is 9.33. The number of rotatable bonds is 5. The molecule has 0 atom stereocenters. The number of sulfonamides is 1. The second-order valence-electron chi connectivity index (χ2n) is 7.02. The van der Waals surface area contributed by atoms with Crippen molar-refractivity contribution < 1.29 is 13.2 Å². The molecule has 2 aromatic carbocycles. The Morgan fingerprint density at radius 2 is 1.67 bits per heavy atom. The quantitative estimate of drug-likeness (QED) is 0.509. The molecular weight excluding hydrogens is 398 g/mol. The zero-order valence-corrected chi connectivity index (χ0v) is 17.7. The fourth-order valence-electron chi connectivity index (χ4n) is 3.58. The Balaban J connectivity index is 1.88. The summed E-state index contributed by atoms with van der Waals surface area (Å²) in [5, 5.41) is 0.963. The van der Waals surface area contributed by atoms with Gasteiger partial charge in [-0.25, -0.2) is 8.42 Å². The summed E-state index contributed by atoms with van der Waals surface area (Å²) in [5.41, 5.74) is 5.81. The van der Waals surface area contributed by atoms with Gasteiger partial charge in [0.25, 0.3) is 0 Å². The summed E-state index contributed by atoms with van der Waals surface area (Å²) in [4.78, 5) is 9.19. The van der Waals surface area contributed by atoms with Gasteiger partial charge in [0, 0.05) is 34.6 Å². The molecule has 1 N–H and O–H groups in total. The number of para-hydroxylation sites is 1. The van der Waals surface area contributed by atoms with Crippen LogP contribution in [0.4, 0.5) is 5.69 Å². The Labute approximate surface area is 175 Å². The molecule has 0 saturated heterocycles. The maximum Gasteiger partial charge on any atom is 0.229 e. The van der Waals surface area contributed by atoms with Gasteiger partial charge in [-0.2, -0.15) is 0 Å². The van der Waals surface area contributed by atoms with Crippen molar-refractivity contribution in [2.45, 2.75) is 6.92 Å². The fraction of sp³-hybridized carbons (Fsp3) is 0.130. The van der Waals surface area contributed by atoms with Crippen molar-refractivity contribution in [2.75, 3.05) is 18.1 Å². The third-order valence-electron chi connectivity index (χ3n) is 4.84. The second-order valence-corrected chi connectivity index (χ2v) is 8.77. The molecule has 152 valence electrons. The van der Waals surface area contributed by atoms with Gasteiger partial charge >= 0.3 is 0 Å². The monoisotopic (exact) mass is 419 g/mol. The Hall–Kier alpha value is -3.45. The predicted octanol–water partition coefficient (Wildman–Crippen LogP) is 4.65. The molecule has 0 spiro atoms. The lowest BCUT2D eigenvalue weighted by atomic mass is 9.97. The number of aryl methyl sites for hydroxylation is 1. The molecule has 30 heavy (non-hydrogen) atoms. The smallest absolute Gasteiger partial charge is 0.229 e. The van der Waals surface area contributed by atoms with Crippen molar-refractivity contribution in [3.8, 4) is 28.1 Å². The average Bonchev–Trinajstić information content (AvgIpc) is 2.72. The van der Waals surface area contributed by atoms with E-state index in [1.807, 2.05) is 49.4 Å². The molecule has 0 bridgehead atoms. The van der Waals surface area contributed by atoms with Crippen molar-refractivity contribution >= 4 is 26.6 Å². The van der Waals surface area contributed by atoms with E-state index in [1.54, 1.807) is 31.6 Å². The van der Waals surface area contributed by atoms with E-state index >= 15 is 0 Å². The van der Waals surface area contributed by atoms with Crippen molar-refractivity contribution in [2.24, 2.45) is 0 Å². The number of nitrogens with zero attached hydrogens (tertiary/aromatic N) is 2. The summed E-state index contributed by atoms with van der Waals surface area (Å²) in [6.45, 7) is 1.92. The van der Waals surface area contributed by atoms with Gasteiger partial charge in [-0.05, 0) is 48.4 Å². The predicted molar refractivity (Wildman–Crippen MR) is 120 cm³/mol. The number of ether oxygens (including phenoxy) is 1. The first-order chi connectivity index (χ1) is 14.4. The van der Waals surface area contributed by atoms with Crippen LogP contribution in [0, 0.1) is 6.92 Å². The van der Waals surface area contributed by atoms with Gasteiger partial charge in [0.05, 0.1) is 24.6 Å². The van der Waals surface area contributed by atoms with Crippen molar-refractivity contribution in [1.82, 2.24) is 9.97 Å². The molecule has 0 fully saturated rings. The molecule has 0 aliphatic heterocycles. The number of anilines is 1. The number of fused-ring (bicyclic) bond motifs is 1. The van der Waals surface area contributed by atoms with E-state index in [-0.39, 0.29) is 0 Å². The van der Waals surface area contributed by atoms with E-state index in [2.05, 4.69) is 14.7 Å². The molecule has 4 aromatic rings. The highest BCUT2D eigenvalue weighted by molar-refractivity contribution is 7.92. The lowest BCUT2D eigenvalue weighted by Crippen LogP contribution is -2.09. The van der Waals surface area contributed by atoms with Crippen LogP contribution in [0.25, 0.3) is 33.3 Å². The maximum atomic E-state index is 11.5. The van der Waals surface area contributed by atoms with Crippen molar-refractivity contribution in [1.29, 1.82) is 0 Å². The number of nitrogens with one attached hydrogen (secondary N) is 1. The zero-order chi connectivity index (χ0) is 21.3. The van der Waals surface area contributed by atoms with Crippen LogP contribution in [0.3, 0.4) is 0 Å². The topological polar surface area (TPSA) is 81.2 Å². The molecule has 0 aliphatic carbocycles. The normalized spacial score (nSPS) is 11.4. The Bertz CT molecular complexity index is 1350. The minimum atomic E-state index is -3.34. The summed E-state index contributed by atoms with van der Waals surface area (Å²) in [5.74, 6) is 0.788. The Morgan fingerprint density at radius 1 is 0.900 bits per heavy atom. The molecule has 2 heterocycles. The summed E-state index contributed by atoms with van der Waals surface area (Å²) in [6.07, 6.45) is 4.66. The average molecular weight is 420 g/mol. The Morgan fingerprint density at radius 3 is 2.40 bits per heavy atom. The minimum absolute atomic E-state index is 0.515. The van der Waals surface area contributed by atoms with Crippen LogP contribution in [0.15, 0.2) is 67.0 Å². The van der Waals surface area contributed by atoms with E-state index < -0.39 is 10.0 Å². The summed E-state index contributed by atoms with van der Waals surface area (Å²) < 4.78 is 31.1. The number of hydrogen-bond donors (Lipinski definition) is 1. The fourth-order valence-corrected chi connectivity index (χ4v) is 4.14. The third-order valence-corrected chi connectivity index (χ3v) is 5.45. The lowest BCUT2D eigenvalue weighted by Gasteiger charge is -2.14. The van der Waals surface area contributed by atoms with Crippen molar-refractivity contribution in [3.05, 3.63) is 72.6 Å². The third kappa shape index (κ3) is 3.84. The van der Waals surface area contributed by atoms with Crippen LogP contribution >= 0.6 is 0 Å². The minimum Gasteiger partial charge on any atom is -0.496 e. The van der Waals surface area contributed by atoms with Gasteiger partial charge in [0.1, 0.15) is 5.75 Å². The molecule has 2 aromatic heterocycles. The summed E-state index contributed by atoms with van der Waals surface area (Å²) in [6, 6.07) is 17.2. The van der Waals surface area contributed by atoms with Gasteiger partial charge in [-0.3, -0.25) is 14.7 Å². The molecule has 0 radical (unpaired) electrons. The van der Waals surface area contributed by atoms with E-state index in [4.69, 9.17) is 4.74 Å². The van der Waals surface area contributed by atoms with Crippen LogP contribution in [0.1, 0.15) is 5.56 Å². The summed E-state index contributed by atoms with van der Waals surface area (Å²) >= 11 is 0. The highest BCUT2D eigenvalue weighted by Crippen LogP contribution is 2.37. The zero-order valence-electron chi connectivity index (χ0n) is 16.9. The van der Waals surface area contributed by atoms with Crippen molar-refractivity contribution in [3.63, 3.8) is 0 Å². The van der Waals surface area contributed by atoms with E-state index in [0.717, 1.165) is 50.9 Å². The van der Waals surface area contributed by atoms with Gasteiger partial charge in [-0.15, -0.1) is 0 Å². The van der Waals surface area contributed by atoms with E-state index in [1.165, 1.54) is 0 Å². The number of hydrogen-bond acceptors (Lipinski definition) is 5. The molecule has 0 unspecified atom stereocenters. The highest BCUT2D eigenvalue weighted by Gasteiger charge is 2.15. The molecule has 0 aliphatic rings. The van der Waals surface area contributed by atoms with Gasteiger partial charge in [0.15, 0.2) is 0 Å². The van der Waals surface area contributed by atoms with Gasteiger partial charge in [0.2, 0.25) is 10.0 Å². The molecule has 4 rings (SSSR count). The molecule has 0 saturated carbocycles. The van der Waals surface area contributed by atoms with Crippen LogP contribution in [-0.4, -0.2) is 31.8 Å². The molecule has 6 nitrogen and oxygen atoms in total. The second kappa shape index (κ2) is 7.76. The van der Waals surface area contributed by atoms with Crippen LogP contribution in [-0.2, 0) is 10.0 Å². The maximum absolute atomic E-state index is 11.5. The van der Waals surface area contributed by atoms with Gasteiger partial charge < -0.3 is 4.74 Å². The Kier molecular flexibility index (Phi) is 5.13. The van der Waals surface area contributed by atoms with Crippen LogP contribution < -0.4 is 9.46 Å². The van der Waals surface area contributed by atoms with E-state index in [0.29, 0.717) is 5.69 Å². The lowest BCUT2D eigenvalue weighted by molar-refractivity contribution is 0.416. The number of pyridine rings is 2. The number of aromatic nitrogens is 2. The summed E-state index contributed by atoms with van der Waals surface area (Å²) in [7, 11) is -1.68. The number of benzene rings is 2. The molecular formula is C23H21N3O3S. The SMILES string of the molecule is COc1ccccc1-c1ccnc2c(-c3ccc(NS(C)(=O)=O)cc3C)nccc12. The molecule has 7 heteroatoms. The largest absolute Gasteiger partial charge is 0.496 e.